The van der Waals surface area contributed by atoms with Crippen LogP contribution in [0.25, 0.3) is 0 Å². The van der Waals surface area contributed by atoms with Gasteiger partial charge in [-0.25, -0.2) is 0 Å². The molecule has 0 spiro atoms. The molecule has 0 N–H and O–H groups in total. The Kier molecular flexibility index (Phi) is 2.83. The van der Waals surface area contributed by atoms with Crippen molar-refractivity contribution in [3.8, 4) is 0 Å². The lowest BCUT2D eigenvalue weighted by atomic mass is 11.1. The van der Waals surface area contributed by atoms with Gasteiger partial charge in [-0.3, -0.25) is 0 Å². The zero-order valence-corrected chi connectivity index (χ0v) is 3.71. The number of rotatable bonds is 1. The minimum absolute atomic E-state index is 0.236. The Labute approximate surface area is 35.7 Å². The van der Waals surface area contributed by atoms with Crippen LogP contribution in [0.15, 0.2) is 11.8 Å². The van der Waals surface area contributed by atoms with Gasteiger partial charge in [-0.05, 0) is 0 Å². The van der Waals surface area contributed by atoms with Crippen molar-refractivity contribution in [1.82, 2.24) is 0 Å². The molecular formula is C2HF3Si. The van der Waals surface area contributed by atoms with Gasteiger partial charge in [0, 0.05) is 5.70 Å². The van der Waals surface area contributed by atoms with E-state index in [2.05, 4.69) is 0 Å². The van der Waals surface area contributed by atoms with Crippen LogP contribution >= 0.6 is 0 Å². The molecule has 0 rings (SSSR count). The zero-order valence-electron chi connectivity index (χ0n) is 2.71. The average Bonchev–Trinajstić information content (AvgIpc) is 1.35. The van der Waals surface area contributed by atoms with Crippen molar-refractivity contribution >= 4 is 9.85 Å². The molecule has 34 valence electrons. The molecule has 0 heterocycles. The van der Waals surface area contributed by atoms with E-state index in [9.17, 15) is 12.9 Å². The maximum absolute atomic E-state index is 10.7. The van der Waals surface area contributed by atoms with Crippen molar-refractivity contribution in [3.63, 3.8) is 0 Å². The van der Waals surface area contributed by atoms with Crippen molar-refractivity contribution in [3.05, 3.63) is 11.8 Å². The summed E-state index contributed by atoms with van der Waals surface area (Å²) in [6.45, 7) is 0. The Morgan fingerprint density at radius 2 is 2.00 bits per heavy atom. The number of halogens is 3. The molecule has 0 saturated heterocycles. The van der Waals surface area contributed by atoms with Crippen molar-refractivity contribution in [2.45, 2.75) is 0 Å². The van der Waals surface area contributed by atoms with E-state index < -0.39 is 15.9 Å². The summed E-state index contributed by atoms with van der Waals surface area (Å²) in [7, 11) is -1.27. The summed E-state index contributed by atoms with van der Waals surface area (Å²) in [6.07, 6.45) is -1.95. The molecule has 0 aliphatic carbocycles. The number of hydrogen-bond acceptors (Lipinski definition) is 0. The first kappa shape index (κ1) is 5.75. The minimum Gasteiger partial charge on any atom is -0.309 e. The Hall–Kier alpha value is -0.253. The Morgan fingerprint density at radius 1 is 1.50 bits per heavy atom. The molecule has 0 unspecified atom stereocenters. The smallest absolute Gasteiger partial charge is 0.309 e. The molecule has 6 heavy (non-hydrogen) atoms. The largest absolute Gasteiger partial charge is 0.331 e. The lowest BCUT2D eigenvalue weighted by Gasteiger charge is -1.66. The topological polar surface area (TPSA) is 0 Å². The Morgan fingerprint density at radius 3 is 2.00 bits per heavy atom. The van der Waals surface area contributed by atoms with Gasteiger partial charge in [0.1, 0.15) is 0 Å². The molecule has 0 amide bonds. The van der Waals surface area contributed by atoms with Crippen LogP contribution < -0.4 is 0 Å². The predicted octanol–water partition coefficient (Wildman–Crippen LogP) is 1.31. The standard InChI is InChI=1S/C2HF3Si/c3-2(4)1-6-5/h1H. The maximum Gasteiger partial charge on any atom is 0.331 e. The van der Waals surface area contributed by atoms with Crippen molar-refractivity contribution in [2.75, 3.05) is 0 Å². The van der Waals surface area contributed by atoms with Crippen molar-refractivity contribution in [2.24, 2.45) is 0 Å². The van der Waals surface area contributed by atoms with E-state index in [4.69, 9.17) is 0 Å². The van der Waals surface area contributed by atoms with E-state index in [1.807, 2.05) is 0 Å². The van der Waals surface area contributed by atoms with Crippen LogP contribution in [0, 0.1) is 0 Å². The molecule has 0 bridgehead atoms. The van der Waals surface area contributed by atoms with Crippen LogP contribution in [0.1, 0.15) is 0 Å². The monoisotopic (exact) mass is 110 g/mol. The summed E-state index contributed by atoms with van der Waals surface area (Å²) in [5.41, 5.74) is 0.236. The van der Waals surface area contributed by atoms with Crippen LogP contribution in [0.2, 0.25) is 0 Å². The summed E-state index contributed by atoms with van der Waals surface area (Å²) >= 11 is 0. The molecule has 0 aromatic rings. The normalized spacial score (nSPS) is 7.83. The summed E-state index contributed by atoms with van der Waals surface area (Å²) in [5.74, 6) is 0. The van der Waals surface area contributed by atoms with Gasteiger partial charge in [0.15, 0.2) is 0 Å². The fourth-order valence-electron chi connectivity index (χ4n) is 0.0412. The molecule has 0 aromatic carbocycles. The van der Waals surface area contributed by atoms with Crippen molar-refractivity contribution < 1.29 is 12.9 Å². The molecule has 0 fully saturated rings. The molecular weight excluding hydrogens is 109 g/mol. The van der Waals surface area contributed by atoms with Crippen LogP contribution in [0.4, 0.5) is 12.9 Å². The molecule has 4 heteroatoms. The van der Waals surface area contributed by atoms with Gasteiger partial charge in [0.05, 0.1) is 0 Å². The van der Waals surface area contributed by atoms with E-state index in [0.29, 0.717) is 0 Å². The molecule has 0 aliphatic heterocycles. The third kappa shape index (κ3) is 3.75. The van der Waals surface area contributed by atoms with Gasteiger partial charge >= 0.3 is 9.85 Å². The second-order valence-corrected chi connectivity index (χ2v) is 1.05. The second-order valence-electron chi connectivity index (χ2n) is 0.543. The van der Waals surface area contributed by atoms with Gasteiger partial charge in [-0.2, -0.15) is 8.78 Å². The van der Waals surface area contributed by atoms with Gasteiger partial charge in [-0.15, -0.1) is 0 Å². The van der Waals surface area contributed by atoms with Gasteiger partial charge in [0.25, 0.3) is 6.08 Å². The lowest BCUT2D eigenvalue weighted by molar-refractivity contribution is 0.423. The van der Waals surface area contributed by atoms with E-state index >= 15 is 0 Å². The fraction of sp³-hybridized carbons (Fsp3) is 0. The minimum atomic E-state index is -1.95. The van der Waals surface area contributed by atoms with Gasteiger partial charge in [0.2, 0.25) is 0 Å². The van der Waals surface area contributed by atoms with Crippen molar-refractivity contribution in [1.29, 1.82) is 0 Å². The molecule has 0 nitrogen and oxygen atoms in total. The molecule has 0 saturated carbocycles. The second kappa shape index (κ2) is 2.96. The SMILES string of the molecule is F[Si]C=C(F)F. The van der Waals surface area contributed by atoms with Crippen LogP contribution in [-0.4, -0.2) is 9.85 Å². The first-order valence-corrected chi connectivity index (χ1v) is 2.10. The van der Waals surface area contributed by atoms with Crippen LogP contribution in [0.3, 0.4) is 0 Å². The number of hydrogen-bond donors (Lipinski definition) is 0. The fourth-order valence-corrected chi connectivity index (χ4v) is 0.124. The summed E-state index contributed by atoms with van der Waals surface area (Å²) < 4.78 is 32.0. The molecule has 0 aromatic heterocycles. The summed E-state index contributed by atoms with van der Waals surface area (Å²) in [5, 5.41) is 0. The van der Waals surface area contributed by atoms with E-state index in [0.717, 1.165) is 0 Å². The van der Waals surface area contributed by atoms with E-state index in [1.165, 1.54) is 0 Å². The Balaban J connectivity index is 3.14. The maximum atomic E-state index is 10.7. The van der Waals surface area contributed by atoms with Crippen LogP contribution in [-0.2, 0) is 0 Å². The molecule has 0 atom stereocenters. The molecule has 0 aliphatic rings. The highest BCUT2D eigenvalue weighted by molar-refractivity contribution is 6.33. The highest BCUT2D eigenvalue weighted by atomic mass is 28.3. The van der Waals surface area contributed by atoms with E-state index in [1.54, 1.807) is 0 Å². The summed E-state index contributed by atoms with van der Waals surface area (Å²) in [4.78, 5) is 0. The Bertz CT molecular complexity index is 55.8. The average molecular weight is 110 g/mol. The van der Waals surface area contributed by atoms with Gasteiger partial charge in [-0.1, -0.05) is 0 Å². The quantitative estimate of drug-likeness (QED) is 0.352. The lowest BCUT2D eigenvalue weighted by Crippen LogP contribution is -1.67. The third-order valence-corrected chi connectivity index (χ3v) is 0.491. The highest BCUT2D eigenvalue weighted by Crippen LogP contribution is 1.92. The zero-order chi connectivity index (χ0) is 4.99. The predicted molar refractivity (Wildman–Crippen MR) is 17.2 cm³/mol. The van der Waals surface area contributed by atoms with E-state index in [-0.39, 0.29) is 5.70 Å². The highest BCUT2D eigenvalue weighted by Gasteiger charge is 1.84. The first-order chi connectivity index (χ1) is 2.77. The third-order valence-electron chi connectivity index (χ3n) is 0.164. The first-order valence-electron chi connectivity index (χ1n) is 1.14. The molecule has 2 radical (unpaired) electrons. The summed E-state index contributed by atoms with van der Waals surface area (Å²) in [6, 6.07) is 0. The van der Waals surface area contributed by atoms with Gasteiger partial charge < -0.3 is 4.11 Å². The van der Waals surface area contributed by atoms with Crippen LogP contribution in [0.5, 0.6) is 0 Å².